The third-order valence-corrected chi connectivity index (χ3v) is 4.72. The van der Waals surface area contributed by atoms with E-state index in [4.69, 9.17) is 9.47 Å². The Kier molecular flexibility index (Phi) is 7.12. The van der Waals surface area contributed by atoms with Crippen LogP contribution in [0.2, 0.25) is 0 Å². The molecule has 1 fully saturated rings. The summed E-state index contributed by atoms with van der Waals surface area (Å²) >= 11 is 0. The Morgan fingerprint density at radius 2 is 1.97 bits per heavy atom. The molecule has 2 aliphatic rings. The lowest BCUT2D eigenvalue weighted by molar-refractivity contribution is -0.357. The number of alkyl halides is 6. The fourth-order valence-corrected chi connectivity index (χ4v) is 2.95. The minimum atomic E-state index is -4.69. The molecule has 3 rings (SSSR count). The van der Waals surface area contributed by atoms with Gasteiger partial charge in [0.25, 0.3) is 0 Å². The average Bonchev–Trinajstić information content (AvgIpc) is 3.31. The molecule has 1 aromatic heterocycles. The predicted molar refractivity (Wildman–Crippen MR) is 97.4 cm³/mol. The number of nitrogens with one attached hydrogen (secondary N) is 1. The molecular formula is C18H20F6N4O4. The summed E-state index contributed by atoms with van der Waals surface area (Å²) in [5.74, 6) is -0.653. The second-order valence-electron chi connectivity index (χ2n) is 7.22. The van der Waals surface area contributed by atoms with Gasteiger partial charge in [0.1, 0.15) is 12.3 Å². The quantitative estimate of drug-likeness (QED) is 0.561. The standard InChI is InChI=1S/C18H20F6N4O4/c1-10(28-7-13(27-9-28)16-26-6-14(31-16)17(19,20)21)2-3-25-15(29)8-30-11-4-12(5-11)32-18(22,23)24/h7,9,11-12,14H,1-6,8H2,(H,25,29). The molecule has 0 radical (unpaired) electrons. The Bertz CT molecular complexity index is 860. The smallest absolute Gasteiger partial charge is 0.461 e. The van der Waals surface area contributed by atoms with Crippen LogP contribution in [0.5, 0.6) is 0 Å². The van der Waals surface area contributed by atoms with Gasteiger partial charge in [-0.1, -0.05) is 6.58 Å². The van der Waals surface area contributed by atoms with Crippen LogP contribution < -0.4 is 5.32 Å². The van der Waals surface area contributed by atoms with Gasteiger partial charge in [-0.25, -0.2) is 9.98 Å². The van der Waals surface area contributed by atoms with Gasteiger partial charge in [0.15, 0.2) is 0 Å². The summed E-state index contributed by atoms with van der Waals surface area (Å²) in [5.41, 5.74) is 0.630. The van der Waals surface area contributed by atoms with Crippen molar-refractivity contribution in [2.24, 2.45) is 4.99 Å². The van der Waals surface area contributed by atoms with Crippen LogP contribution in [0.1, 0.15) is 25.0 Å². The molecule has 0 aromatic carbocycles. The summed E-state index contributed by atoms with van der Waals surface area (Å²) < 4.78 is 89.4. The highest BCUT2D eigenvalue weighted by atomic mass is 19.4. The fourth-order valence-electron chi connectivity index (χ4n) is 2.95. The minimum Gasteiger partial charge on any atom is -0.461 e. The first kappa shape index (κ1) is 24.0. The number of halogens is 6. The average molecular weight is 470 g/mol. The number of imidazole rings is 1. The van der Waals surface area contributed by atoms with E-state index in [0.717, 1.165) is 0 Å². The molecule has 1 aromatic rings. The maximum Gasteiger partial charge on any atom is 0.522 e. The van der Waals surface area contributed by atoms with Crippen molar-refractivity contribution in [1.82, 2.24) is 14.9 Å². The van der Waals surface area contributed by atoms with Gasteiger partial charge in [0.2, 0.25) is 17.9 Å². The van der Waals surface area contributed by atoms with Crippen molar-refractivity contribution >= 4 is 17.5 Å². The van der Waals surface area contributed by atoms with Crippen LogP contribution in [0.4, 0.5) is 26.3 Å². The zero-order chi connectivity index (χ0) is 23.5. The van der Waals surface area contributed by atoms with Gasteiger partial charge >= 0.3 is 12.5 Å². The van der Waals surface area contributed by atoms with Crippen molar-refractivity contribution < 1.29 is 45.3 Å². The van der Waals surface area contributed by atoms with E-state index in [1.54, 1.807) is 0 Å². The van der Waals surface area contributed by atoms with Gasteiger partial charge in [-0.3, -0.25) is 9.53 Å². The van der Waals surface area contributed by atoms with Gasteiger partial charge in [0.05, 0.1) is 25.1 Å². The second kappa shape index (κ2) is 9.48. The number of hydrogen-bond acceptors (Lipinski definition) is 6. The molecule has 0 bridgehead atoms. The number of carbonyl (C=O) groups excluding carboxylic acids is 1. The van der Waals surface area contributed by atoms with E-state index < -0.39 is 43.3 Å². The topological polar surface area (TPSA) is 87.0 Å². The molecule has 1 unspecified atom stereocenters. The molecule has 1 N–H and O–H groups in total. The predicted octanol–water partition coefficient (Wildman–Crippen LogP) is 2.65. The zero-order valence-corrected chi connectivity index (χ0v) is 16.6. The van der Waals surface area contributed by atoms with Crippen LogP contribution in [0, 0.1) is 0 Å². The maximum absolute atomic E-state index is 12.7. The second-order valence-corrected chi connectivity index (χ2v) is 7.22. The van der Waals surface area contributed by atoms with E-state index in [1.165, 1.54) is 17.1 Å². The minimum absolute atomic E-state index is 0.0608. The van der Waals surface area contributed by atoms with E-state index in [2.05, 4.69) is 26.6 Å². The number of hydrogen-bond donors (Lipinski definition) is 1. The van der Waals surface area contributed by atoms with E-state index in [0.29, 0.717) is 12.1 Å². The van der Waals surface area contributed by atoms with Crippen LogP contribution in [0.3, 0.4) is 0 Å². The highest BCUT2D eigenvalue weighted by molar-refractivity contribution is 5.93. The Morgan fingerprint density at radius 1 is 1.25 bits per heavy atom. The SMILES string of the molecule is C=C(CCNC(=O)COC1CC(OC(F)(F)F)C1)n1cnc(C2=NCC(C(F)(F)F)O2)c1. The number of nitrogens with zero attached hydrogens (tertiary/aromatic N) is 3. The van der Waals surface area contributed by atoms with Crippen LogP contribution in [0.25, 0.3) is 5.70 Å². The Balaban J connectivity index is 1.32. The molecule has 1 aliphatic heterocycles. The summed E-state index contributed by atoms with van der Waals surface area (Å²) in [6, 6.07) is 0. The van der Waals surface area contributed by atoms with Crippen LogP contribution in [-0.2, 0) is 19.0 Å². The molecule has 178 valence electrons. The van der Waals surface area contributed by atoms with Gasteiger partial charge in [0, 0.05) is 37.7 Å². The summed E-state index contributed by atoms with van der Waals surface area (Å²) in [7, 11) is 0. The van der Waals surface area contributed by atoms with Crippen molar-refractivity contribution in [2.75, 3.05) is 19.7 Å². The third kappa shape index (κ3) is 6.69. The van der Waals surface area contributed by atoms with Crippen LogP contribution in [0.15, 0.2) is 24.1 Å². The molecule has 1 saturated carbocycles. The molecule has 0 spiro atoms. The monoisotopic (exact) mass is 470 g/mol. The molecule has 2 heterocycles. The van der Waals surface area contributed by atoms with Gasteiger partial charge in [-0.15, -0.1) is 13.2 Å². The fraction of sp³-hybridized carbons (Fsp3) is 0.611. The summed E-state index contributed by atoms with van der Waals surface area (Å²) in [4.78, 5) is 19.5. The first-order valence-corrected chi connectivity index (χ1v) is 9.54. The van der Waals surface area contributed by atoms with E-state index in [1.807, 2.05) is 0 Å². The molecule has 1 atom stereocenters. The van der Waals surface area contributed by atoms with E-state index in [9.17, 15) is 31.1 Å². The Morgan fingerprint density at radius 3 is 2.59 bits per heavy atom. The molecule has 1 amide bonds. The van der Waals surface area contributed by atoms with Gasteiger partial charge in [-0.05, 0) is 0 Å². The van der Waals surface area contributed by atoms with E-state index in [-0.39, 0.29) is 37.6 Å². The lowest BCUT2D eigenvalue weighted by atomic mass is 9.92. The molecular weight excluding hydrogens is 450 g/mol. The highest BCUT2D eigenvalue weighted by Gasteiger charge is 2.45. The number of amides is 1. The van der Waals surface area contributed by atoms with Crippen LogP contribution >= 0.6 is 0 Å². The third-order valence-electron chi connectivity index (χ3n) is 4.72. The Labute approximate surface area is 178 Å². The van der Waals surface area contributed by atoms with E-state index >= 15 is 0 Å². The maximum atomic E-state index is 12.7. The normalized spacial score (nSPS) is 23.3. The molecule has 14 heteroatoms. The van der Waals surface area contributed by atoms with Crippen molar-refractivity contribution in [3.63, 3.8) is 0 Å². The lowest BCUT2D eigenvalue weighted by Crippen LogP contribution is -2.42. The zero-order valence-electron chi connectivity index (χ0n) is 16.6. The molecule has 32 heavy (non-hydrogen) atoms. The summed E-state index contributed by atoms with van der Waals surface area (Å²) in [5, 5.41) is 2.58. The lowest BCUT2D eigenvalue weighted by Gasteiger charge is -2.34. The largest absolute Gasteiger partial charge is 0.522 e. The summed E-state index contributed by atoms with van der Waals surface area (Å²) in [6.45, 7) is 3.18. The number of aromatic nitrogens is 2. The van der Waals surface area contributed by atoms with Gasteiger partial charge < -0.3 is 19.4 Å². The number of ether oxygens (including phenoxy) is 3. The first-order chi connectivity index (χ1) is 14.9. The highest BCUT2D eigenvalue weighted by Crippen LogP contribution is 2.32. The first-order valence-electron chi connectivity index (χ1n) is 9.54. The Hall–Kier alpha value is -2.61. The van der Waals surface area contributed by atoms with Gasteiger partial charge in [-0.2, -0.15) is 13.2 Å². The van der Waals surface area contributed by atoms with Crippen molar-refractivity contribution in [3.8, 4) is 0 Å². The number of rotatable bonds is 9. The molecule has 0 saturated heterocycles. The summed E-state index contributed by atoms with van der Waals surface area (Å²) in [6.07, 6.45) is -9.44. The van der Waals surface area contributed by atoms with Crippen molar-refractivity contribution in [3.05, 3.63) is 24.8 Å². The van der Waals surface area contributed by atoms with Crippen LogP contribution in [-0.4, -0.2) is 71.9 Å². The number of carbonyl (C=O) groups is 1. The van der Waals surface area contributed by atoms with Crippen molar-refractivity contribution in [1.29, 1.82) is 0 Å². The number of aliphatic imine (C=N–C) groups is 1. The molecule has 1 aliphatic carbocycles. The van der Waals surface area contributed by atoms with Crippen molar-refractivity contribution in [2.45, 2.75) is 50.1 Å². The molecule has 8 nitrogen and oxygen atoms in total.